The van der Waals surface area contributed by atoms with Crippen LogP contribution in [0, 0.1) is 12.7 Å². The molecule has 0 amide bonds. The van der Waals surface area contributed by atoms with E-state index in [1.807, 2.05) is 19.3 Å². The highest BCUT2D eigenvalue weighted by Crippen LogP contribution is 2.16. The zero-order valence-corrected chi connectivity index (χ0v) is 19.5. The van der Waals surface area contributed by atoms with E-state index >= 15 is 0 Å². The van der Waals surface area contributed by atoms with Crippen LogP contribution < -0.4 is 10.6 Å². The van der Waals surface area contributed by atoms with Crippen LogP contribution in [0.2, 0.25) is 0 Å². The average molecular weight is 449 g/mol. The number of hydrogen-bond acceptors (Lipinski definition) is 3. The second kappa shape index (κ2) is 11.1. The fraction of sp³-hybridized carbons (Fsp3) is 0.385. The van der Waals surface area contributed by atoms with E-state index in [1.165, 1.54) is 23.3 Å². The summed E-state index contributed by atoms with van der Waals surface area (Å²) in [4.78, 5) is 6.93. The van der Waals surface area contributed by atoms with Crippen LogP contribution in [0.25, 0.3) is 5.69 Å². The number of rotatable bonds is 7. The van der Waals surface area contributed by atoms with Crippen LogP contribution in [0.1, 0.15) is 29.7 Å². The fourth-order valence-corrected chi connectivity index (χ4v) is 4.19. The molecule has 0 unspecified atom stereocenters. The van der Waals surface area contributed by atoms with Crippen molar-refractivity contribution in [1.29, 1.82) is 0 Å². The van der Waals surface area contributed by atoms with Crippen molar-refractivity contribution in [3.63, 3.8) is 0 Å². The maximum Gasteiger partial charge on any atom is 0.191 e. The average Bonchev–Trinajstić information content (AvgIpc) is 3.30. The van der Waals surface area contributed by atoms with Gasteiger partial charge in [-0.05, 0) is 61.2 Å². The third-order valence-corrected chi connectivity index (χ3v) is 6.22. The minimum Gasteiger partial charge on any atom is -0.356 e. The van der Waals surface area contributed by atoms with Crippen LogP contribution in [0.3, 0.4) is 0 Å². The Morgan fingerprint density at radius 2 is 1.85 bits per heavy atom. The van der Waals surface area contributed by atoms with Crippen molar-refractivity contribution in [3.8, 4) is 5.69 Å². The van der Waals surface area contributed by atoms with Gasteiger partial charge in [-0.1, -0.05) is 24.3 Å². The minimum absolute atomic E-state index is 0.244. The topological polar surface area (TPSA) is 57.5 Å². The third kappa shape index (κ3) is 6.42. The second-order valence-electron chi connectivity index (χ2n) is 8.60. The number of aliphatic imine (C=N–C) groups is 1. The molecule has 0 spiro atoms. The number of likely N-dealkylation sites (tertiary alicyclic amines) is 1. The first kappa shape index (κ1) is 23.0. The Kier molecular flexibility index (Phi) is 7.73. The van der Waals surface area contributed by atoms with Crippen LogP contribution in [0.4, 0.5) is 4.39 Å². The van der Waals surface area contributed by atoms with Crippen molar-refractivity contribution >= 4 is 5.96 Å². The highest BCUT2D eigenvalue weighted by atomic mass is 19.1. The van der Waals surface area contributed by atoms with E-state index in [1.54, 1.807) is 16.8 Å². The molecule has 2 heterocycles. The summed E-state index contributed by atoms with van der Waals surface area (Å²) >= 11 is 0. The predicted molar refractivity (Wildman–Crippen MR) is 131 cm³/mol. The van der Waals surface area contributed by atoms with Crippen molar-refractivity contribution in [2.45, 2.75) is 38.8 Å². The first-order chi connectivity index (χ1) is 16.1. The molecule has 3 aromatic rings. The van der Waals surface area contributed by atoms with E-state index in [-0.39, 0.29) is 5.82 Å². The molecule has 2 N–H and O–H groups in total. The van der Waals surface area contributed by atoms with E-state index in [2.05, 4.69) is 56.8 Å². The van der Waals surface area contributed by atoms with Crippen LogP contribution in [0.15, 0.2) is 65.8 Å². The summed E-state index contributed by atoms with van der Waals surface area (Å²) in [5.74, 6) is 0.594. The SMILES string of the molecule is CN=C(NCCc1ccn(-c2ccc(F)cc2)n1)NC1CCN(Cc2ccccc2C)CC1. The van der Waals surface area contributed by atoms with Gasteiger partial charge in [-0.15, -0.1) is 0 Å². The first-order valence-corrected chi connectivity index (χ1v) is 11.7. The monoisotopic (exact) mass is 448 g/mol. The minimum atomic E-state index is -0.244. The quantitative estimate of drug-likeness (QED) is 0.428. The number of nitrogens with zero attached hydrogens (tertiary/aromatic N) is 4. The zero-order chi connectivity index (χ0) is 23.0. The van der Waals surface area contributed by atoms with Gasteiger partial charge in [0.2, 0.25) is 0 Å². The van der Waals surface area contributed by atoms with E-state index in [0.29, 0.717) is 6.04 Å². The Bertz CT molecular complexity index is 1050. The largest absolute Gasteiger partial charge is 0.356 e. The molecule has 0 aliphatic carbocycles. The molecule has 33 heavy (non-hydrogen) atoms. The summed E-state index contributed by atoms with van der Waals surface area (Å²) in [6.45, 7) is 6.13. The van der Waals surface area contributed by atoms with Gasteiger partial charge >= 0.3 is 0 Å². The molecule has 1 saturated heterocycles. The highest BCUT2D eigenvalue weighted by molar-refractivity contribution is 5.79. The molecule has 6 nitrogen and oxygen atoms in total. The number of benzene rings is 2. The van der Waals surface area contributed by atoms with Gasteiger partial charge in [0, 0.05) is 51.9 Å². The van der Waals surface area contributed by atoms with Crippen LogP contribution >= 0.6 is 0 Å². The Balaban J connectivity index is 1.19. The molecule has 1 aliphatic rings. The van der Waals surface area contributed by atoms with E-state index < -0.39 is 0 Å². The number of aromatic nitrogens is 2. The molecular formula is C26H33FN6. The lowest BCUT2D eigenvalue weighted by Crippen LogP contribution is -2.48. The van der Waals surface area contributed by atoms with Gasteiger partial charge in [0.05, 0.1) is 11.4 Å². The van der Waals surface area contributed by atoms with Gasteiger partial charge < -0.3 is 10.6 Å². The molecule has 0 bridgehead atoms. The number of guanidine groups is 1. The molecule has 1 fully saturated rings. The second-order valence-corrected chi connectivity index (χ2v) is 8.60. The maximum absolute atomic E-state index is 13.1. The van der Waals surface area contributed by atoms with Crippen molar-refractivity contribution in [2.24, 2.45) is 4.99 Å². The number of hydrogen-bond donors (Lipinski definition) is 2. The van der Waals surface area contributed by atoms with E-state index in [0.717, 1.165) is 62.8 Å². The summed E-state index contributed by atoms with van der Waals surface area (Å²) in [5, 5.41) is 11.6. The molecule has 1 aromatic heterocycles. The standard InChI is InChI=1S/C26H33FN6/c1-20-5-3-4-6-21(20)19-32-16-12-23(13-17-32)30-26(28-2)29-15-11-24-14-18-33(31-24)25-9-7-22(27)8-10-25/h3-10,14,18,23H,11-13,15-17,19H2,1-2H3,(H2,28,29,30). The van der Waals surface area contributed by atoms with Crippen LogP contribution in [-0.2, 0) is 13.0 Å². The smallest absolute Gasteiger partial charge is 0.191 e. The van der Waals surface area contributed by atoms with Crippen molar-refractivity contribution in [2.75, 3.05) is 26.7 Å². The van der Waals surface area contributed by atoms with Crippen LogP contribution in [-0.4, -0.2) is 53.4 Å². The molecule has 2 aromatic carbocycles. The molecule has 4 rings (SSSR count). The lowest BCUT2D eigenvalue weighted by Gasteiger charge is -2.33. The van der Waals surface area contributed by atoms with Crippen molar-refractivity contribution < 1.29 is 4.39 Å². The highest BCUT2D eigenvalue weighted by Gasteiger charge is 2.20. The number of nitrogens with one attached hydrogen (secondary N) is 2. The van der Waals surface area contributed by atoms with Gasteiger partial charge in [-0.3, -0.25) is 9.89 Å². The van der Waals surface area contributed by atoms with Crippen molar-refractivity contribution in [3.05, 3.63) is 83.4 Å². The molecular weight excluding hydrogens is 415 g/mol. The van der Waals surface area contributed by atoms with E-state index in [4.69, 9.17) is 0 Å². The lowest BCUT2D eigenvalue weighted by molar-refractivity contribution is 0.198. The molecule has 1 aliphatic heterocycles. The lowest BCUT2D eigenvalue weighted by atomic mass is 10.0. The van der Waals surface area contributed by atoms with E-state index in [9.17, 15) is 4.39 Å². The molecule has 0 radical (unpaired) electrons. The first-order valence-electron chi connectivity index (χ1n) is 11.7. The third-order valence-electron chi connectivity index (χ3n) is 6.22. The number of halogens is 1. The Morgan fingerprint density at radius 1 is 1.09 bits per heavy atom. The summed E-state index contributed by atoms with van der Waals surface area (Å²) in [6, 6.07) is 17.4. The Hall–Kier alpha value is -3.19. The van der Waals surface area contributed by atoms with Gasteiger partial charge in [0.1, 0.15) is 5.82 Å². The number of piperidine rings is 1. The van der Waals surface area contributed by atoms with Crippen molar-refractivity contribution in [1.82, 2.24) is 25.3 Å². The van der Waals surface area contributed by atoms with Gasteiger partial charge in [0.25, 0.3) is 0 Å². The zero-order valence-electron chi connectivity index (χ0n) is 19.5. The van der Waals surface area contributed by atoms with Crippen LogP contribution in [0.5, 0.6) is 0 Å². The Labute approximate surface area is 195 Å². The molecule has 0 atom stereocenters. The number of aryl methyl sites for hydroxylation is 1. The van der Waals surface area contributed by atoms with Gasteiger partial charge in [0.15, 0.2) is 5.96 Å². The van der Waals surface area contributed by atoms with Gasteiger partial charge in [-0.2, -0.15) is 5.10 Å². The molecule has 174 valence electrons. The predicted octanol–water partition coefficient (Wildman–Crippen LogP) is 3.69. The fourth-order valence-electron chi connectivity index (χ4n) is 4.19. The summed E-state index contributed by atoms with van der Waals surface area (Å²) in [6.07, 6.45) is 4.90. The Morgan fingerprint density at radius 3 is 2.58 bits per heavy atom. The molecule has 7 heteroatoms. The molecule has 0 saturated carbocycles. The van der Waals surface area contributed by atoms with Gasteiger partial charge in [-0.25, -0.2) is 9.07 Å². The normalized spacial score (nSPS) is 15.5. The summed E-state index contributed by atoms with van der Waals surface area (Å²) < 4.78 is 14.9. The summed E-state index contributed by atoms with van der Waals surface area (Å²) in [5.41, 5.74) is 4.61. The summed E-state index contributed by atoms with van der Waals surface area (Å²) in [7, 11) is 1.81. The maximum atomic E-state index is 13.1.